The largest absolute Gasteiger partial charge is 0.423 e. The van der Waals surface area contributed by atoms with Crippen LogP contribution in [0.4, 0.5) is 0 Å². The van der Waals surface area contributed by atoms with Crippen LogP contribution in [0, 0.1) is 0 Å². The zero-order valence-corrected chi connectivity index (χ0v) is 10.0. The van der Waals surface area contributed by atoms with Gasteiger partial charge in [0, 0.05) is 0 Å². The lowest BCUT2D eigenvalue weighted by Crippen LogP contribution is -2.26. The predicted molar refractivity (Wildman–Crippen MR) is 60.9 cm³/mol. The number of carbonyl (C=O) groups is 2. The molecular formula is C9H6Cl3NO3. The van der Waals surface area contributed by atoms with E-state index < -0.39 is 15.7 Å². The number of carbonyl (C=O) groups excluding carboxylic acids is 2. The third-order valence-electron chi connectivity index (χ3n) is 1.59. The lowest BCUT2D eigenvalue weighted by Gasteiger charge is -2.11. The first-order chi connectivity index (χ1) is 7.32. The maximum Gasteiger partial charge on any atom is 0.363 e. The van der Waals surface area contributed by atoms with Crippen molar-refractivity contribution < 1.29 is 14.3 Å². The third kappa shape index (κ3) is 3.27. The van der Waals surface area contributed by atoms with E-state index in [-0.39, 0.29) is 11.3 Å². The molecule has 1 amide bonds. The van der Waals surface area contributed by atoms with Gasteiger partial charge < -0.3 is 10.5 Å². The van der Waals surface area contributed by atoms with E-state index in [1.54, 1.807) is 12.1 Å². The van der Waals surface area contributed by atoms with Crippen molar-refractivity contribution in [3.63, 3.8) is 0 Å². The Morgan fingerprint density at radius 3 is 2.25 bits per heavy atom. The fraction of sp³-hybridized carbons (Fsp3) is 0.111. The second-order valence-corrected chi connectivity index (χ2v) is 5.03. The lowest BCUT2D eigenvalue weighted by molar-refractivity contribution is -0.133. The molecule has 0 fully saturated rings. The third-order valence-corrected chi connectivity index (χ3v) is 2.05. The monoisotopic (exact) mass is 281 g/mol. The number of para-hydroxylation sites is 1. The summed E-state index contributed by atoms with van der Waals surface area (Å²) >= 11 is 15.9. The number of hydrogen-bond donors (Lipinski definition) is 1. The number of nitrogens with two attached hydrogens (primary N) is 1. The minimum absolute atomic E-state index is 0.0325. The van der Waals surface area contributed by atoms with Gasteiger partial charge in [0.05, 0.1) is 5.56 Å². The van der Waals surface area contributed by atoms with E-state index >= 15 is 0 Å². The molecule has 1 rings (SSSR count). The number of rotatable bonds is 2. The molecule has 1 aromatic rings. The van der Waals surface area contributed by atoms with Gasteiger partial charge in [0.1, 0.15) is 5.75 Å². The van der Waals surface area contributed by atoms with Gasteiger partial charge in [0.15, 0.2) is 0 Å². The molecule has 0 bridgehead atoms. The Morgan fingerprint density at radius 1 is 1.19 bits per heavy atom. The van der Waals surface area contributed by atoms with Crippen LogP contribution in [0.3, 0.4) is 0 Å². The van der Waals surface area contributed by atoms with Crippen molar-refractivity contribution in [1.29, 1.82) is 0 Å². The van der Waals surface area contributed by atoms with Gasteiger partial charge in [-0.2, -0.15) is 0 Å². The fourth-order valence-electron chi connectivity index (χ4n) is 0.917. The molecule has 7 heteroatoms. The van der Waals surface area contributed by atoms with Gasteiger partial charge >= 0.3 is 5.97 Å². The number of primary amides is 1. The second kappa shape index (κ2) is 4.91. The molecule has 2 N–H and O–H groups in total. The van der Waals surface area contributed by atoms with Gasteiger partial charge in [-0.3, -0.25) is 4.79 Å². The minimum Gasteiger partial charge on any atom is -0.423 e. The topological polar surface area (TPSA) is 69.4 Å². The molecule has 0 spiro atoms. The highest BCUT2D eigenvalue weighted by molar-refractivity contribution is 6.75. The van der Waals surface area contributed by atoms with Gasteiger partial charge in [0.2, 0.25) is 0 Å². The summed E-state index contributed by atoms with van der Waals surface area (Å²) in [5, 5.41) is 0. The molecule has 0 aliphatic rings. The van der Waals surface area contributed by atoms with Gasteiger partial charge in [-0.1, -0.05) is 46.9 Å². The average molecular weight is 283 g/mol. The van der Waals surface area contributed by atoms with Crippen molar-refractivity contribution in [2.45, 2.75) is 3.79 Å². The summed E-state index contributed by atoms with van der Waals surface area (Å²) in [7, 11) is 0. The molecule has 0 heterocycles. The summed E-state index contributed by atoms with van der Waals surface area (Å²) in [4.78, 5) is 22.2. The Kier molecular flexibility index (Phi) is 4.02. The Morgan fingerprint density at radius 2 is 1.75 bits per heavy atom. The van der Waals surface area contributed by atoms with E-state index in [1.807, 2.05) is 0 Å². The van der Waals surface area contributed by atoms with Gasteiger partial charge in [-0.05, 0) is 12.1 Å². The maximum atomic E-state index is 11.2. The highest BCUT2D eigenvalue weighted by Gasteiger charge is 2.33. The van der Waals surface area contributed by atoms with Crippen LogP contribution < -0.4 is 10.5 Å². The van der Waals surface area contributed by atoms with Crippen molar-refractivity contribution >= 4 is 46.7 Å². The first-order valence-electron chi connectivity index (χ1n) is 4.00. The number of halogens is 3. The molecule has 0 saturated carbocycles. The zero-order chi connectivity index (χ0) is 12.3. The number of ether oxygens (including phenoxy) is 1. The van der Waals surface area contributed by atoms with Crippen LogP contribution in [0.2, 0.25) is 0 Å². The highest BCUT2D eigenvalue weighted by Crippen LogP contribution is 2.29. The van der Waals surface area contributed by atoms with E-state index in [0.29, 0.717) is 0 Å². The Hall–Kier alpha value is -0.970. The summed E-state index contributed by atoms with van der Waals surface area (Å²) < 4.78 is 2.53. The molecule has 0 aromatic heterocycles. The number of esters is 1. The minimum atomic E-state index is -2.20. The van der Waals surface area contributed by atoms with E-state index in [4.69, 9.17) is 45.3 Å². The summed E-state index contributed by atoms with van der Waals surface area (Å²) in [5.41, 5.74) is 5.10. The molecule has 0 saturated heterocycles. The lowest BCUT2D eigenvalue weighted by atomic mass is 10.2. The number of benzene rings is 1. The van der Waals surface area contributed by atoms with Gasteiger partial charge in [-0.25, -0.2) is 4.79 Å². The summed E-state index contributed by atoms with van der Waals surface area (Å²) in [5.74, 6) is -1.90. The van der Waals surface area contributed by atoms with Crippen molar-refractivity contribution in [2.24, 2.45) is 5.73 Å². The Bertz CT molecular complexity index is 428. The molecule has 1 aromatic carbocycles. The van der Waals surface area contributed by atoms with E-state index in [2.05, 4.69) is 0 Å². The molecule has 0 unspecified atom stereocenters. The first-order valence-corrected chi connectivity index (χ1v) is 5.13. The molecule has 86 valence electrons. The van der Waals surface area contributed by atoms with Crippen LogP contribution >= 0.6 is 34.8 Å². The van der Waals surface area contributed by atoms with Crippen molar-refractivity contribution in [2.75, 3.05) is 0 Å². The van der Waals surface area contributed by atoms with E-state index in [1.165, 1.54) is 12.1 Å². The molecule has 0 aliphatic carbocycles. The first kappa shape index (κ1) is 13.1. The molecule has 4 nitrogen and oxygen atoms in total. The van der Waals surface area contributed by atoms with Crippen LogP contribution in [0.1, 0.15) is 10.4 Å². The summed E-state index contributed by atoms with van der Waals surface area (Å²) in [6.07, 6.45) is 0. The predicted octanol–water partition coefficient (Wildman–Crippen LogP) is 2.06. The smallest absolute Gasteiger partial charge is 0.363 e. The number of alkyl halides is 3. The molecule has 0 atom stereocenters. The van der Waals surface area contributed by atoms with Crippen LogP contribution in [0.5, 0.6) is 5.75 Å². The van der Waals surface area contributed by atoms with Crippen LogP contribution in [-0.4, -0.2) is 15.7 Å². The zero-order valence-electron chi connectivity index (χ0n) is 7.75. The van der Waals surface area contributed by atoms with Crippen molar-refractivity contribution in [3.05, 3.63) is 29.8 Å². The highest BCUT2D eigenvalue weighted by atomic mass is 35.6. The number of amides is 1. The molecule has 16 heavy (non-hydrogen) atoms. The van der Waals surface area contributed by atoms with E-state index in [0.717, 1.165) is 0 Å². The van der Waals surface area contributed by atoms with Crippen LogP contribution in [0.15, 0.2) is 24.3 Å². The van der Waals surface area contributed by atoms with Crippen LogP contribution in [-0.2, 0) is 4.79 Å². The van der Waals surface area contributed by atoms with Gasteiger partial charge in [0.25, 0.3) is 9.70 Å². The average Bonchev–Trinajstić information content (AvgIpc) is 2.16. The quantitative estimate of drug-likeness (QED) is 0.513. The SMILES string of the molecule is NC(=O)c1ccccc1OC(=O)C(Cl)(Cl)Cl. The normalized spacial score (nSPS) is 10.9. The van der Waals surface area contributed by atoms with Crippen LogP contribution in [0.25, 0.3) is 0 Å². The summed E-state index contributed by atoms with van der Waals surface area (Å²) in [6.45, 7) is 0. The Balaban J connectivity index is 2.98. The van der Waals surface area contributed by atoms with Gasteiger partial charge in [-0.15, -0.1) is 0 Å². The Labute approximate surface area is 106 Å². The standard InChI is InChI=1S/C9H6Cl3NO3/c10-9(11,12)8(15)16-6-4-2-1-3-5(6)7(13)14/h1-4H,(H2,13,14). The molecule has 0 aliphatic heterocycles. The van der Waals surface area contributed by atoms with E-state index in [9.17, 15) is 9.59 Å². The second-order valence-electron chi connectivity index (χ2n) is 2.75. The number of hydrogen-bond acceptors (Lipinski definition) is 3. The van der Waals surface area contributed by atoms with Crippen molar-refractivity contribution in [1.82, 2.24) is 0 Å². The summed E-state index contributed by atoms with van der Waals surface area (Å²) in [6, 6.07) is 5.87. The maximum absolute atomic E-state index is 11.2. The van der Waals surface area contributed by atoms with Crippen molar-refractivity contribution in [3.8, 4) is 5.75 Å². The molecular weight excluding hydrogens is 276 g/mol. The molecule has 0 radical (unpaired) electrons. The fourth-order valence-corrected chi connectivity index (χ4v) is 1.03.